The summed E-state index contributed by atoms with van der Waals surface area (Å²) < 4.78 is 40.2. The molecule has 0 saturated heterocycles. The Morgan fingerprint density at radius 2 is 2.15 bits per heavy atom. The summed E-state index contributed by atoms with van der Waals surface area (Å²) >= 11 is 0. The smallest absolute Gasteiger partial charge is 0.246 e. The third kappa shape index (κ3) is 2.53. The van der Waals surface area contributed by atoms with E-state index < -0.39 is 12.8 Å². The molecule has 27 heavy (non-hydrogen) atoms. The first kappa shape index (κ1) is 13.9. The van der Waals surface area contributed by atoms with Gasteiger partial charge in [0.25, 0.3) is 0 Å². The van der Waals surface area contributed by atoms with Crippen LogP contribution in [-0.4, -0.2) is 30.8 Å². The quantitative estimate of drug-likeness (QED) is 0.780. The van der Waals surface area contributed by atoms with Crippen LogP contribution < -0.4 is 14.2 Å². The molecule has 5 rings (SSSR count). The second-order valence-electron chi connectivity index (χ2n) is 8.18. The standard InChI is InChI=1S/C23H27NO3/c1-5-9-24-10-8-15-11-16(25-4)13-17-20(15)18(24)12-14-6-7-19-22(21(14)17)27-23(2,3)26-19/h6-7,11,13,18H,5,8-10,12H2,1-4H3/t18-/m1/s1/i4T3. The average molecular weight is 371 g/mol. The van der Waals surface area contributed by atoms with Crippen LogP contribution in [0.1, 0.15) is 54.0 Å². The molecule has 0 fully saturated rings. The van der Waals surface area contributed by atoms with Crippen molar-refractivity contribution in [3.63, 3.8) is 0 Å². The van der Waals surface area contributed by atoms with Crippen molar-refractivity contribution in [1.82, 2.24) is 4.90 Å². The molecule has 0 saturated carbocycles. The summed E-state index contributed by atoms with van der Waals surface area (Å²) in [5.74, 6) is 1.14. The van der Waals surface area contributed by atoms with E-state index >= 15 is 0 Å². The molecule has 1 atom stereocenters. The maximum Gasteiger partial charge on any atom is 0.246 e. The summed E-state index contributed by atoms with van der Waals surface area (Å²) in [6.45, 7) is 8.02. The summed E-state index contributed by atoms with van der Waals surface area (Å²) in [4.78, 5) is 2.55. The third-order valence-electron chi connectivity index (χ3n) is 5.90. The predicted octanol–water partition coefficient (Wildman–Crippen LogP) is 4.73. The van der Waals surface area contributed by atoms with Crippen molar-refractivity contribution in [1.29, 1.82) is 0 Å². The van der Waals surface area contributed by atoms with Gasteiger partial charge in [-0.2, -0.15) is 0 Å². The van der Waals surface area contributed by atoms with Crippen molar-refractivity contribution in [2.45, 2.75) is 51.9 Å². The van der Waals surface area contributed by atoms with Gasteiger partial charge in [-0.15, -0.1) is 0 Å². The van der Waals surface area contributed by atoms with Crippen LogP contribution in [0.25, 0.3) is 11.1 Å². The highest BCUT2D eigenvalue weighted by Gasteiger charge is 2.40. The highest BCUT2D eigenvalue weighted by molar-refractivity contribution is 5.84. The Kier molecular flexibility index (Phi) is 3.03. The van der Waals surface area contributed by atoms with E-state index in [0.717, 1.165) is 55.0 Å². The van der Waals surface area contributed by atoms with Gasteiger partial charge >= 0.3 is 0 Å². The van der Waals surface area contributed by atoms with E-state index in [1.165, 1.54) is 16.7 Å². The molecule has 0 bridgehead atoms. The zero-order valence-corrected chi connectivity index (χ0v) is 16.1. The van der Waals surface area contributed by atoms with Crippen LogP contribution in [0.5, 0.6) is 17.2 Å². The van der Waals surface area contributed by atoms with Crippen LogP contribution in [0.15, 0.2) is 24.3 Å². The Morgan fingerprint density at radius 3 is 2.96 bits per heavy atom. The summed E-state index contributed by atoms with van der Waals surface area (Å²) in [5.41, 5.74) is 5.68. The molecule has 0 radical (unpaired) electrons. The Balaban J connectivity index is 1.72. The van der Waals surface area contributed by atoms with Crippen molar-refractivity contribution in [3.05, 3.63) is 41.0 Å². The number of hydrogen-bond donors (Lipinski definition) is 0. The average Bonchev–Trinajstić information content (AvgIpc) is 2.96. The van der Waals surface area contributed by atoms with E-state index in [0.29, 0.717) is 5.75 Å². The van der Waals surface area contributed by atoms with Crippen molar-refractivity contribution in [2.75, 3.05) is 20.1 Å². The van der Waals surface area contributed by atoms with E-state index in [2.05, 4.69) is 17.9 Å². The fourth-order valence-corrected chi connectivity index (χ4v) is 4.93. The van der Waals surface area contributed by atoms with E-state index in [-0.39, 0.29) is 6.04 Å². The number of nitrogens with zero attached hydrogens (tertiary/aromatic N) is 1. The second kappa shape index (κ2) is 5.90. The van der Waals surface area contributed by atoms with E-state index in [1.54, 1.807) is 0 Å². The molecule has 2 heterocycles. The van der Waals surface area contributed by atoms with Crippen molar-refractivity contribution < 1.29 is 18.3 Å². The first-order valence-electron chi connectivity index (χ1n) is 11.3. The molecule has 3 aliphatic rings. The predicted molar refractivity (Wildman–Crippen MR) is 106 cm³/mol. The Bertz CT molecular complexity index is 1020. The minimum Gasteiger partial charge on any atom is -0.497 e. The molecule has 0 N–H and O–H groups in total. The molecule has 0 amide bonds. The maximum absolute atomic E-state index is 7.56. The van der Waals surface area contributed by atoms with Gasteiger partial charge in [-0.1, -0.05) is 13.0 Å². The van der Waals surface area contributed by atoms with Gasteiger partial charge in [0.15, 0.2) is 11.5 Å². The van der Waals surface area contributed by atoms with Gasteiger partial charge < -0.3 is 14.2 Å². The summed E-state index contributed by atoms with van der Waals surface area (Å²) in [7, 11) is -2.49. The van der Waals surface area contributed by atoms with E-state index in [4.69, 9.17) is 18.3 Å². The number of fused-ring (bicyclic) bond motifs is 4. The number of hydrogen-bond acceptors (Lipinski definition) is 4. The first-order valence-corrected chi connectivity index (χ1v) is 9.79. The third-order valence-corrected chi connectivity index (χ3v) is 5.90. The molecule has 0 unspecified atom stereocenters. The zero-order valence-electron chi connectivity index (χ0n) is 19.1. The van der Waals surface area contributed by atoms with Gasteiger partial charge in [-0.25, -0.2) is 0 Å². The van der Waals surface area contributed by atoms with Gasteiger partial charge in [-0.05, 0) is 66.3 Å². The van der Waals surface area contributed by atoms with Gasteiger partial charge in [-0.3, -0.25) is 4.90 Å². The molecule has 4 heteroatoms. The highest BCUT2D eigenvalue weighted by Crippen LogP contribution is 2.54. The van der Waals surface area contributed by atoms with Crippen LogP contribution >= 0.6 is 0 Å². The van der Waals surface area contributed by atoms with Crippen LogP contribution in [0.4, 0.5) is 0 Å². The minimum absolute atomic E-state index is 0.284. The van der Waals surface area contributed by atoms with Gasteiger partial charge in [0.05, 0.1) is 11.2 Å². The largest absolute Gasteiger partial charge is 0.497 e. The van der Waals surface area contributed by atoms with E-state index in [1.807, 2.05) is 32.0 Å². The van der Waals surface area contributed by atoms with Crippen LogP contribution in [0, 0.1) is 0 Å². The SMILES string of the molecule is [3H]C([3H])([3H])Oc1cc2c3c(c1)-c1c(ccc4c1OC(C)(C)O4)C[C@H]3N(CCC)CC2. The molecular weight excluding hydrogens is 338 g/mol. The fraction of sp³-hybridized carbons (Fsp3) is 0.478. The molecule has 2 aromatic carbocycles. The maximum atomic E-state index is 7.56. The fourth-order valence-electron chi connectivity index (χ4n) is 4.93. The lowest BCUT2D eigenvalue weighted by Gasteiger charge is -2.42. The molecule has 4 nitrogen and oxygen atoms in total. The minimum atomic E-state index is -2.49. The summed E-state index contributed by atoms with van der Waals surface area (Å²) in [5, 5.41) is 0. The van der Waals surface area contributed by atoms with Crippen LogP contribution in [-0.2, 0) is 12.8 Å². The molecule has 2 aliphatic heterocycles. The van der Waals surface area contributed by atoms with Crippen LogP contribution in [0.2, 0.25) is 0 Å². The Labute approximate surface area is 165 Å². The van der Waals surface area contributed by atoms with Crippen molar-refractivity contribution in [2.24, 2.45) is 0 Å². The molecule has 142 valence electrons. The molecule has 0 aromatic heterocycles. The zero-order chi connectivity index (χ0) is 21.3. The monoisotopic (exact) mass is 371 g/mol. The van der Waals surface area contributed by atoms with Crippen molar-refractivity contribution >= 4 is 0 Å². The Morgan fingerprint density at radius 1 is 1.26 bits per heavy atom. The lowest BCUT2D eigenvalue weighted by atomic mass is 9.76. The molecule has 0 spiro atoms. The van der Waals surface area contributed by atoms with Gasteiger partial charge in [0.2, 0.25) is 5.79 Å². The first-order chi connectivity index (χ1) is 14.1. The molecule has 1 aliphatic carbocycles. The molecular formula is C23H27NO3. The highest BCUT2D eigenvalue weighted by atomic mass is 16.7. The Hall–Kier alpha value is -2.20. The molecule has 2 aromatic rings. The van der Waals surface area contributed by atoms with Crippen LogP contribution in [0.3, 0.4) is 0 Å². The lowest BCUT2D eigenvalue weighted by Crippen LogP contribution is -2.39. The summed E-state index contributed by atoms with van der Waals surface area (Å²) in [6.07, 6.45) is 2.89. The number of ether oxygens (including phenoxy) is 3. The van der Waals surface area contributed by atoms with E-state index in [9.17, 15) is 0 Å². The normalized spacial score (nSPS) is 23.7. The number of rotatable bonds is 3. The summed E-state index contributed by atoms with van der Waals surface area (Å²) in [6, 6.07) is 8.19. The number of benzene rings is 2. The number of methoxy groups -OCH3 is 1. The van der Waals surface area contributed by atoms with Crippen molar-refractivity contribution in [3.8, 4) is 28.4 Å². The van der Waals surface area contributed by atoms with Gasteiger partial charge in [0, 0.05) is 32.0 Å². The topological polar surface area (TPSA) is 30.9 Å². The lowest BCUT2D eigenvalue weighted by molar-refractivity contribution is -0.0429. The second-order valence-corrected chi connectivity index (χ2v) is 8.18. The van der Waals surface area contributed by atoms with Gasteiger partial charge in [0.1, 0.15) is 5.75 Å².